The van der Waals surface area contributed by atoms with E-state index >= 15 is 0 Å². The summed E-state index contributed by atoms with van der Waals surface area (Å²) >= 11 is 0. The number of fused-ring (bicyclic) bond motifs is 6. The summed E-state index contributed by atoms with van der Waals surface area (Å²) in [6.45, 7) is 9.42. The number of ether oxygens (including phenoxy) is 1. The fourth-order valence-electron chi connectivity index (χ4n) is 6.19. The summed E-state index contributed by atoms with van der Waals surface area (Å²) in [4.78, 5) is 16.1. The van der Waals surface area contributed by atoms with Gasteiger partial charge in [-0.3, -0.25) is 9.36 Å². The van der Waals surface area contributed by atoms with Crippen LogP contribution in [0.5, 0.6) is 11.8 Å². The maximum Gasteiger partial charge on any atom is 0.224 e. The fourth-order valence-corrected chi connectivity index (χ4v) is 6.19. The van der Waals surface area contributed by atoms with E-state index in [0.29, 0.717) is 53.9 Å². The Morgan fingerprint density at radius 1 is 1.05 bits per heavy atom. The fraction of sp³-hybridized carbons (Fsp3) is 0.267. The highest BCUT2D eigenvalue weighted by molar-refractivity contribution is 6.00. The number of aromatic hydroxyl groups is 2. The van der Waals surface area contributed by atoms with Gasteiger partial charge >= 0.3 is 0 Å². The number of aromatic nitrogens is 1. The van der Waals surface area contributed by atoms with Crippen molar-refractivity contribution in [3.05, 3.63) is 89.0 Å². The van der Waals surface area contributed by atoms with Crippen LogP contribution in [0.2, 0.25) is 0 Å². The monoisotopic (exact) mass is 511 g/mol. The van der Waals surface area contributed by atoms with E-state index in [1.807, 2.05) is 31.2 Å². The zero-order valence-electron chi connectivity index (χ0n) is 20.8. The number of nitrogens with zero attached hydrogens (tertiary/aromatic N) is 2. The summed E-state index contributed by atoms with van der Waals surface area (Å²) in [7, 11) is 0. The van der Waals surface area contributed by atoms with Crippen molar-refractivity contribution in [2.75, 3.05) is 5.32 Å². The van der Waals surface area contributed by atoms with Gasteiger partial charge in [-0.15, -0.1) is 0 Å². The number of rotatable bonds is 6. The molecule has 1 fully saturated rings. The topological polar surface area (TPSA) is 88.1 Å². The van der Waals surface area contributed by atoms with Gasteiger partial charge in [-0.2, -0.15) is 0 Å². The second-order valence-corrected chi connectivity index (χ2v) is 10.2. The second-order valence-electron chi connectivity index (χ2n) is 10.2. The summed E-state index contributed by atoms with van der Waals surface area (Å²) in [6, 6.07) is 16.5. The lowest BCUT2D eigenvalue weighted by Gasteiger charge is -2.26. The van der Waals surface area contributed by atoms with Gasteiger partial charge in [-0.05, 0) is 73.7 Å². The minimum Gasteiger partial charge on any atom is -0.494 e. The Morgan fingerprint density at radius 3 is 2.50 bits per heavy atom. The smallest absolute Gasteiger partial charge is 0.224 e. The largest absolute Gasteiger partial charge is 0.494 e. The van der Waals surface area contributed by atoms with Gasteiger partial charge in [0, 0.05) is 12.1 Å². The van der Waals surface area contributed by atoms with Gasteiger partial charge < -0.3 is 20.3 Å². The third kappa shape index (κ3) is 3.54. The zero-order chi connectivity index (χ0) is 26.7. The molecule has 2 bridgehead atoms. The highest BCUT2D eigenvalue weighted by Gasteiger charge is 2.61. The summed E-state index contributed by atoms with van der Waals surface area (Å²) in [5, 5.41) is 27.2. The standard InChI is InChI=1S/C30H26FN3O4/c1-29-16-17-30(38-29,15-5-8-24(35)33-19-11-9-18(31)10-12-19)26-25(29)27(36)34(28(26)37)23-14-13-22(32-2)20-6-3-4-7-21(20)23/h3-4,6-7,9-14,36-37H,5,8,15-17H2,1H3,(H,33,35). The van der Waals surface area contributed by atoms with Gasteiger partial charge in [0.2, 0.25) is 17.7 Å². The molecule has 0 radical (unpaired) electrons. The molecule has 0 aliphatic carbocycles. The lowest BCUT2D eigenvalue weighted by Crippen LogP contribution is -2.23. The molecule has 3 N–H and O–H groups in total. The minimum atomic E-state index is -0.820. The number of nitrogens with one attached hydrogen (secondary N) is 1. The zero-order valence-corrected chi connectivity index (χ0v) is 20.8. The van der Waals surface area contributed by atoms with E-state index in [-0.39, 0.29) is 29.9 Å². The third-order valence-electron chi connectivity index (χ3n) is 7.88. The van der Waals surface area contributed by atoms with Gasteiger partial charge in [0.1, 0.15) is 11.4 Å². The molecule has 192 valence electrons. The van der Waals surface area contributed by atoms with Crippen molar-refractivity contribution < 1.29 is 24.1 Å². The molecule has 2 atom stereocenters. The number of benzene rings is 3. The van der Waals surface area contributed by atoms with Crippen LogP contribution >= 0.6 is 0 Å². The molecule has 1 amide bonds. The molecule has 2 aliphatic rings. The van der Waals surface area contributed by atoms with E-state index in [1.54, 1.807) is 12.1 Å². The van der Waals surface area contributed by atoms with Crippen LogP contribution in [-0.2, 0) is 20.7 Å². The molecule has 2 aliphatic heterocycles. The molecule has 1 aromatic heterocycles. The van der Waals surface area contributed by atoms with Crippen LogP contribution in [0.3, 0.4) is 0 Å². The predicted molar refractivity (Wildman–Crippen MR) is 141 cm³/mol. The third-order valence-corrected chi connectivity index (χ3v) is 7.88. The number of carbonyl (C=O) groups excluding carboxylic acids is 1. The molecule has 0 spiro atoms. The van der Waals surface area contributed by atoms with Gasteiger partial charge in [0.25, 0.3) is 0 Å². The first kappa shape index (κ1) is 24.0. The number of hydrogen-bond acceptors (Lipinski definition) is 4. The van der Waals surface area contributed by atoms with Gasteiger partial charge in [0.05, 0.1) is 29.0 Å². The lowest BCUT2D eigenvalue weighted by atomic mass is 9.77. The first-order valence-electron chi connectivity index (χ1n) is 12.6. The highest BCUT2D eigenvalue weighted by atomic mass is 19.1. The first-order valence-corrected chi connectivity index (χ1v) is 12.6. The Labute approximate surface area is 218 Å². The summed E-state index contributed by atoms with van der Waals surface area (Å²) < 4.78 is 21.1. The van der Waals surface area contributed by atoms with E-state index in [1.165, 1.54) is 28.8 Å². The van der Waals surface area contributed by atoms with Crippen molar-refractivity contribution in [2.24, 2.45) is 0 Å². The number of amides is 1. The Morgan fingerprint density at radius 2 is 1.76 bits per heavy atom. The van der Waals surface area contributed by atoms with Crippen LogP contribution in [0.25, 0.3) is 21.3 Å². The van der Waals surface area contributed by atoms with Crippen molar-refractivity contribution >= 4 is 28.1 Å². The summed E-state index contributed by atoms with van der Waals surface area (Å²) in [6.07, 6.45) is 2.54. The van der Waals surface area contributed by atoms with Gasteiger partial charge in [-0.25, -0.2) is 9.24 Å². The second kappa shape index (κ2) is 8.61. The SMILES string of the molecule is [C-]#[N+]c1ccc(-n2c(O)c3c(c2O)C2(CCCC(=O)Nc4ccc(F)cc4)CCC3(C)O2)c2ccccc12. The molecular formula is C30H26FN3O4. The van der Waals surface area contributed by atoms with E-state index in [4.69, 9.17) is 11.3 Å². The number of halogens is 1. The molecule has 8 heteroatoms. The molecular weight excluding hydrogens is 485 g/mol. The van der Waals surface area contributed by atoms with E-state index in [9.17, 15) is 19.4 Å². The van der Waals surface area contributed by atoms with Crippen LogP contribution in [0.4, 0.5) is 15.8 Å². The minimum absolute atomic E-state index is 0.0728. The normalized spacial score (nSPS) is 21.4. The predicted octanol–water partition coefficient (Wildman–Crippen LogP) is 6.78. The number of hydrogen-bond donors (Lipinski definition) is 3. The Balaban J connectivity index is 1.32. The first-order chi connectivity index (χ1) is 18.3. The Bertz CT molecular complexity index is 1640. The highest BCUT2D eigenvalue weighted by Crippen LogP contribution is 2.66. The van der Waals surface area contributed by atoms with Crippen molar-refractivity contribution in [3.8, 4) is 17.4 Å². The van der Waals surface area contributed by atoms with E-state index in [0.717, 1.165) is 10.8 Å². The van der Waals surface area contributed by atoms with Gasteiger partial charge in [-0.1, -0.05) is 30.3 Å². The molecule has 38 heavy (non-hydrogen) atoms. The molecule has 3 aromatic carbocycles. The molecule has 0 saturated carbocycles. The molecule has 6 rings (SSSR count). The maximum absolute atomic E-state index is 13.1. The van der Waals surface area contributed by atoms with Crippen LogP contribution in [0.15, 0.2) is 60.7 Å². The van der Waals surface area contributed by atoms with Crippen molar-refractivity contribution in [2.45, 2.75) is 50.2 Å². The quantitative estimate of drug-likeness (QED) is 0.249. The van der Waals surface area contributed by atoms with Crippen molar-refractivity contribution in [1.82, 2.24) is 4.57 Å². The summed E-state index contributed by atoms with van der Waals surface area (Å²) in [5.41, 5.74) is 1.17. The van der Waals surface area contributed by atoms with Gasteiger partial charge in [0.15, 0.2) is 5.69 Å². The number of anilines is 1. The average molecular weight is 512 g/mol. The maximum atomic E-state index is 13.1. The molecule has 2 unspecified atom stereocenters. The number of carbonyl (C=O) groups is 1. The molecule has 3 heterocycles. The molecule has 1 saturated heterocycles. The molecule has 4 aromatic rings. The lowest BCUT2D eigenvalue weighted by molar-refractivity contribution is -0.117. The molecule has 7 nitrogen and oxygen atoms in total. The Kier molecular flexibility index (Phi) is 5.44. The van der Waals surface area contributed by atoms with Crippen LogP contribution in [0, 0.1) is 12.4 Å². The van der Waals surface area contributed by atoms with E-state index in [2.05, 4.69) is 10.2 Å². The average Bonchev–Trinajstić information content (AvgIpc) is 3.49. The van der Waals surface area contributed by atoms with Crippen molar-refractivity contribution in [1.29, 1.82) is 0 Å². The Hall–Kier alpha value is -4.35. The summed E-state index contributed by atoms with van der Waals surface area (Å²) in [5.74, 6) is -0.720. The van der Waals surface area contributed by atoms with Crippen LogP contribution < -0.4 is 5.32 Å². The van der Waals surface area contributed by atoms with Crippen LogP contribution in [0.1, 0.15) is 50.2 Å². The van der Waals surface area contributed by atoms with Crippen molar-refractivity contribution in [3.63, 3.8) is 0 Å². The van der Waals surface area contributed by atoms with Crippen LogP contribution in [-0.4, -0.2) is 20.7 Å². The van der Waals surface area contributed by atoms with E-state index < -0.39 is 11.2 Å².